The molecule has 6 nitrogen and oxygen atoms in total. The van der Waals surface area contributed by atoms with E-state index in [1.807, 2.05) is 4.90 Å². The topological polar surface area (TPSA) is 65.8 Å². The van der Waals surface area contributed by atoms with Gasteiger partial charge < -0.3 is 19.5 Å². The van der Waals surface area contributed by atoms with Crippen LogP contribution >= 0.6 is 0 Å². The van der Waals surface area contributed by atoms with Gasteiger partial charge in [0.1, 0.15) is 0 Å². The van der Waals surface area contributed by atoms with Crippen LogP contribution in [0.5, 0.6) is 0 Å². The lowest BCUT2D eigenvalue weighted by Crippen LogP contribution is -2.50. The molecule has 0 atom stereocenters. The summed E-state index contributed by atoms with van der Waals surface area (Å²) in [5.74, 6) is 0.364. The third-order valence-electron chi connectivity index (χ3n) is 5.03. The Morgan fingerprint density at radius 1 is 1.07 bits per heavy atom. The lowest BCUT2D eigenvalue weighted by Gasteiger charge is -2.34. The van der Waals surface area contributed by atoms with Crippen molar-refractivity contribution in [3.05, 3.63) is 53.5 Å². The zero-order valence-electron chi connectivity index (χ0n) is 16.0. The highest BCUT2D eigenvalue weighted by Crippen LogP contribution is 2.21. The molecule has 3 rings (SSSR count). The molecular weight excluding hydrogens is 342 g/mol. The van der Waals surface area contributed by atoms with Crippen molar-refractivity contribution >= 4 is 17.5 Å². The Morgan fingerprint density at radius 2 is 1.81 bits per heavy atom. The van der Waals surface area contributed by atoms with Gasteiger partial charge in [-0.2, -0.15) is 0 Å². The number of hydrogen-bond donors (Lipinski definition) is 1. The maximum absolute atomic E-state index is 12.5. The monoisotopic (exact) mass is 369 g/mol. The van der Waals surface area contributed by atoms with E-state index < -0.39 is 0 Å². The Kier molecular flexibility index (Phi) is 6.16. The minimum absolute atomic E-state index is 0.111. The average molecular weight is 369 g/mol. The number of nitrogens with zero attached hydrogens (tertiary/aromatic N) is 2. The van der Waals surface area contributed by atoms with Crippen LogP contribution in [0.15, 0.2) is 41.0 Å². The molecule has 0 saturated carbocycles. The summed E-state index contributed by atoms with van der Waals surface area (Å²) in [4.78, 5) is 28.4. The number of rotatable bonds is 6. The highest BCUT2D eigenvalue weighted by atomic mass is 16.3. The van der Waals surface area contributed by atoms with Gasteiger partial charge >= 0.3 is 0 Å². The molecule has 1 aliphatic rings. The summed E-state index contributed by atoms with van der Waals surface area (Å²) in [7, 11) is 0. The van der Waals surface area contributed by atoms with Gasteiger partial charge in [0, 0.05) is 44.8 Å². The van der Waals surface area contributed by atoms with E-state index in [-0.39, 0.29) is 11.8 Å². The van der Waals surface area contributed by atoms with Gasteiger partial charge in [0.2, 0.25) is 5.91 Å². The second-order valence-corrected chi connectivity index (χ2v) is 6.79. The van der Waals surface area contributed by atoms with E-state index >= 15 is 0 Å². The number of aryl methyl sites for hydroxylation is 2. The van der Waals surface area contributed by atoms with E-state index in [1.165, 1.54) is 17.4 Å². The Hall–Kier alpha value is -2.76. The molecule has 2 amide bonds. The Balaban J connectivity index is 1.46. The summed E-state index contributed by atoms with van der Waals surface area (Å²) in [5.41, 5.74) is 3.61. The first kappa shape index (κ1) is 19.0. The number of amides is 2. The van der Waals surface area contributed by atoms with E-state index in [1.54, 1.807) is 17.0 Å². The molecule has 0 spiro atoms. The van der Waals surface area contributed by atoms with Crippen molar-refractivity contribution in [3.8, 4) is 0 Å². The number of carbonyl (C=O) groups is 2. The predicted molar refractivity (Wildman–Crippen MR) is 105 cm³/mol. The van der Waals surface area contributed by atoms with Gasteiger partial charge in [-0.3, -0.25) is 9.59 Å². The van der Waals surface area contributed by atoms with Crippen molar-refractivity contribution in [3.63, 3.8) is 0 Å². The van der Waals surface area contributed by atoms with E-state index in [0.29, 0.717) is 44.9 Å². The molecule has 1 fully saturated rings. The van der Waals surface area contributed by atoms with Crippen molar-refractivity contribution in [1.29, 1.82) is 0 Å². The molecule has 0 unspecified atom stereocenters. The lowest BCUT2D eigenvalue weighted by atomic mass is 10.1. The van der Waals surface area contributed by atoms with Crippen LogP contribution in [0.25, 0.3) is 0 Å². The molecule has 1 aromatic carbocycles. The fourth-order valence-corrected chi connectivity index (χ4v) is 3.44. The van der Waals surface area contributed by atoms with Crippen molar-refractivity contribution < 1.29 is 14.0 Å². The lowest BCUT2D eigenvalue weighted by molar-refractivity contribution is -0.132. The first-order valence-electron chi connectivity index (χ1n) is 9.53. The number of furan rings is 1. The van der Waals surface area contributed by atoms with Crippen LogP contribution in [0.2, 0.25) is 0 Å². The number of hydrogen-bond acceptors (Lipinski definition) is 4. The van der Waals surface area contributed by atoms with Crippen LogP contribution in [0, 0.1) is 6.92 Å². The molecule has 6 heteroatoms. The van der Waals surface area contributed by atoms with Crippen LogP contribution in [-0.2, 0) is 11.2 Å². The standard InChI is InChI=1S/C21H27N3O3/c1-3-17-7-4-6-16(2)20(17)22-10-9-19(25)23-11-13-24(14-12-23)21(26)18-8-5-15-27-18/h4-8,15,22H,3,9-14H2,1-2H3. The largest absolute Gasteiger partial charge is 0.459 e. The van der Waals surface area contributed by atoms with Gasteiger partial charge in [0.25, 0.3) is 5.91 Å². The molecule has 0 radical (unpaired) electrons. The number of benzene rings is 1. The molecule has 2 heterocycles. The van der Waals surface area contributed by atoms with Crippen LogP contribution in [0.1, 0.15) is 35.0 Å². The summed E-state index contributed by atoms with van der Waals surface area (Å²) < 4.78 is 5.17. The fraction of sp³-hybridized carbons (Fsp3) is 0.429. The van der Waals surface area contributed by atoms with Crippen molar-refractivity contribution in [1.82, 2.24) is 9.80 Å². The third kappa shape index (κ3) is 4.51. The number of piperazine rings is 1. The Morgan fingerprint density at radius 3 is 2.48 bits per heavy atom. The summed E-state index contributed by atoms with van der Waals surface area (Å²) in [6, 6.07) is 9.64. The van der Waals surface area contributed by atoms with E-state index in [0.717, 1.165) is 12.1 Å². The second-order valence-electron chi connectivity index (χ2n) is 6.79. The number of carbonyl (C=O) groups excluding carboxylic acids is 2. The van der Waals surface area contributed by atoms with Gasteiger partial charge in [-0.15, -0.1) is 0 Å². The summed E-state index contributed by atoms with van der Waals surface area (Å²) in [5, 5.41) is 3.42. The van der Waals surface area contributed by atoms with Gasteiger partial charge in [0.05, 0.1) is 6.26 Å². The highest BCUT2D eigenvalue weighted by molar-refractivity contribution is 5.91. The summed E-state index contributed by atoms with van der Waals surface area (Å²) >= 11 is 0. The van der Waals surface area contributed by atoms with Gasteiger partial charge in [0.15, 0.2) is 5.76 Å². The maximum atomic E-state index is 12.5. The first-order valence-corrected chi connectivity index (χ1v) is 9.53. The predicted octanol–water partition coefficient (Wildman–Crippen LogP) is 2.94. The smallest absolute Gasteiger partial charge is 0.289 e. The maximum Gasteiger partial charge on any atom is 0.289 e. The second kappa shape index (κ2) is 8.75. The van der Waals surface area contributed by atoms with Gasteiger partial charge in [-0.25, -0.2) is 0 Å². The number of para-hydroxylation sites is 1. The quantitative estimate of drug-likeness (QED) is 0.850. The number of anilines is 1. The van der Waals surface area contributed by atoms with Crippen LogP contribution in [-0.4, -0.2) is 54.3 Å². The zero-order chi connectivity index (χ0) is 19.2. The first-order chi connectivity index (χ1) is 13.1. The minimum atomic E-state index is -0.111. The Bertz CT molecular complexity index is 778. The van der Waals surface area contributed by atoms with Crippen molar-refractivity contribution in [2.45, 2.75) is 26.7 Å². The highest BCUT2D eigenvalue weighted by Gasteiger charge is 2.25. The van der Waals surface area contributed by atoms with E-state index in [9.17, 15) is 9.59 Å². The van der Waals surface area contributed by atoms with Gasteiger partial charge in [-0.1, -0.05) is 25.1 Å². The average Bonchev–Trinajstić information content (AvgIpc) is 3.23. The van der Waals surface area contributed by atoms with Crippen LogP contribution in [0.3, 0.4) is 0 Å². The molecule has 1 saturated heterocycles. The SMILES string of the molecule is CCc1cccc(C)c1NCCC(=O)N1CCN(C(=O)c2ccco2)CC1. The molecular formula is C21H27N3O3. The van der Waals surface area contributed by atoms with Gasteiger partial charge in [-0.05, 0) is 36.6 Å². The van der Waals surface area contributed by atoms with Crippen molar-refractivity contribution in [2.75, 3.05) is 38.0 Å². The van der Waals surface area contributed by atoms with E-state index in [2.05, 4.69) is 37.4 Å². The summed E-state index contributed by atoms with van der Waals surface area (Å²) in [6.07, 6.45) is 2.91. The van der Waals surface area contributed by atoms with E-state index in [4.69, 9.17) is 4.42 Å². The normalized spacial score (nSPS) is 14.3. The molecule has 144 valence electrons. The Labute approximate surface area is 160 Å². The molecule has 2 aromatic rings. The summed E-state index contributed by atoms with van der Waals surface area (Å²) in [6.45, 7) is 7.04. The zero-order valence-corrected chi connectivity index (χ0v) is 16.0. The van der Waals surface area contributed by atoms with Crippen molar-refractivity contribution in [2.24, 2.45) is 0 Å². The molecule has 1 N–H and O–H groups in total. The molecule has 1 aromatic heterocycles. The van der Waals surface area contributed by atoms with Crippen LogP contribution < -0.4 is 5.32 Å². The number of nitrogens with one attached hydrogen (secondary N) is 1. The minimum Gasteiger partial charge on any atom is -0.459 e. The van der Waals surface area contributed by atoms with Crippen LogP contribution in [0.4, 0.5) is 5.69 Å². The third-order valence-corrected chi connectivity index (χ3v) is 5.03. The molecule has 27 heavy (non-hydrogen) atoms. The molecule has 0 aliphatic carbocycles. The molecule has 1 aliphatic heterocycles. The fourth-order valence-electron chi connectivity index (χ4n) is 3.44. The molecule has 0 bridgehead atoms.